The highest BCUT2D eigenvalue weighted by Crippen LogP contribution is 2.27. The van der Waals surface area contributed by atoms with Crippen molar-refractivity contribution < 1.29 is 18.0 Å². The Kier molecular flexibility index (Phi) is 4.24. The lowest BCUT2D eigenvalue weighted by molar-refractivity contribution is -0.141. The van der Waals surface area contributed by atoms with Gasteiger partial charge in [0.05, 0.1) is 6.54 Å². The van der Waals surface area contributed by atoms with Crippen LogP contribution in [0, 0.1) is 0 Å². The van der Waals surface area contributed by atoms with Gasteiger partial charge in [0.1, 0.15) is 0 Å². The molecule has 0 radical (unpaired) electrons. The summed E-state index contributed by atoms with van der Waals surface area (Å²) in [5.41, 5.74) is -0.410. The molecule has 7 heteroatoms. The van der Waals surface area contributed by atoms with E-state index in [2.05, 4.69) is 10.4 Å². The molecule has 0 aliphatic rings. The normalized spacial score (nSPS) is 11.6. The molecule has 0 aliphatic heterocycles. The van der Waals surface area contributed by atoms with E-state index in [9.17, 15) is 18.0 Å². The molecule has 24 heavy (non-hydrogen) atoms. The highest BCUT2D eigenvalue weighted by molar-refractivity contribution is 6.06. The monoisotopic (exact) mass is 333 g/mol. The summed E-state index contributed by atoms with van der Waals surface area (Å²) in [5.74, 6) is -0.269. The summed E-state index contributed by atoms with van der Waals surface area (Å²) < 4.78 is 38.6. The number of aromatic nitrogens is 2. The predicted molar refractivity (Wildman–Crippen MR) is 83.5 cm³/mol. The van der Waals surface area contributed by atoms with E-state index in [1.54, 1.807) is 12.1 Å². The standard InChI is InChI=1S/C17H14F3N3O/c18-17(19,20)15-8-10-23(22-15)11-9-21-16(24)14-7-3-5-12-4-1-2-6-13(12)14/h1-8,10H,9,11H2,(H,21,24). The molecule has 2 aromatic carbocycles. The largest absolute Gasteiger partial charge is 0.435 e. The summed E-state index contributed by atoms with van der Waals surface area (Å²) >= 11 is 0. The maximum Gasteiger partial charge on any atom is 0.435 e. The molecule has 1 amide bonds. The van der Waals surface area contributed by atoms with Gasteiger partial charge in [0.2, 0.25) is 0 Å². The molecule has 3 rings (SSSR count). The lowest BCUT2D eigenvalue weighted by Gasteiger charge is -2.08. The van der Waals surface area contributed by atoms with Gasteiger partial charge in [-0.2, -0.15) is 18.3 Å². The zero-order chi connectivity index (χ0) is 17.2. The van der Waals surface area contributed by atoms with Crippen LogP contribution in [0.3, 0.4) is 0 Å². The molecule has 1 aromatic heterocycles. The van der Waals surface area contributed by atoms with Crippen molar-refractivity contribution in [1.29, 1.82) is 0 Å². The molecule has 0 aliphatic carbocycles. The van der Waals surface area contributed by atoms with E-state index in [-0.39, 0.29) is 19.0 Å². The number of nitrogens with one attached hydrogen (secondary N) is 1. The Balaban J connectivity index is 1.64. The Hall–Kier alpha value is -2.83. The number of nitrogens with zero attached hydrogens (tertiary/aromatic N) is 2. The van der Waals surface area contributed by atoms with Crippen molar-refractivity contribution in [1.82, 2.24) is 15.1 Å². The van der Waals surface area contributed by atoms with Crippen molar-refractivity contribution >= 4 is 16.7 Å². The van der Waals surface area contributed by atoms with Gasteiger partial charge in [-0.15, -0.1) is 0 Å². The van der Waals surface area contributed by atoms with Crippen LogP contribution in [-0.4, -0.2) is 22.2 Å². The fourth-order valence-electron chi connectivity index (χ4n) is 2.44. The molecular weight excluding hydrogens is 319 g/mol. The molecule has 1 N–H and O–H groups in total. The van der Waals surface area contributed by atoms with E-state index in [1.807, 2.05) is 30.3 Å². The van der Waals surface area contributed by atoms with E-state index in [4.69, 9.17) is 0 Å². The van der Waals surface area contributed by atoms with Crippen LogP contribution in [0.15, 0.2) is 54.7 Å². The smallest absolute Gasteiger partial charge is 0.350 e. The van der Waals surface area contributed by atoms with Crippen LogP contribution in [0.4, 0.5) is 13.2 Å². The van der Waals surface area contributed by atoms with Crippen LogP contribution < -0.4 is 5.32 Å². The topological polar surface area (TPSA) is 46.9 Å². The first kappa shape index (κ1) is 16.0. The number of carbonyl (C=O) groups excluding carboxylic acids is 1. The number of halogens is 3. The van der Waals surface area contributed by atoms with E-state index >= 15 is 0 Å². The van der Waals surface area contributed by atoms with Crippen LogP contribution >= 0.6 is 0 Å². The second-order valence-electron chi connectivity index (χ2n) is 5.24. The summed E-state index contributed by atoms with van der Waals surface area (Å²) in [6, 6.07) is 13.8. The van der Waals surface area contributed by atoms with Crippen molar-refractivity contribution in [3.05, 3.63) is 66.0 Å². The molecule has 0 spiro atoms. The van der Waals surface area contributed by atoms with Gasteiger partial charge in [-0.05, 0) is 22.9 Å². The fraction of sp³-hybridized carbons (Fsp3) is 0.176. The minimum Gasteiger partial charge on any atom is -0.350 e. The maximum atomic E-state index is 12.5. The van der Waals surface area contributed by atoms with Crippen LogP contribution in [0.1, 0.15) is 16.1 Å². The maximum absolute atomic E-state index is 12.5. The van der Waals surface area contributed by atoms with Crippen molar-refractivity contribution in [2.24, 2.45) is 0 Å². The second kappa shape index (κ2) is 6.35. The van der Waals surface area contributed by atoms with E-state index in [0.29, 0.717) is 5.56 Å². The summed E-state index contributed by atoms with van der Waals surface area (Å²) in [6.45, 7) is 0.341. The number of amides is 1. The van der Waals surface area contributed by atoms with Gasteiger partial charge >= 0.3 is 6.18 Å². The van der Waals surface area contributed by atoms with Crippen LogP contribution in [0.2, 0.25) is 0 Å². The van der Waals surface area contributed by atoms with Gasteiger partial charge < -0.3 is 5.32 Å². The van der Waals surface area contributed by atoms with Crippen LogP contribution in [0.25, 0.3) is 10.8 Å². The van der Waals surface area contributed by atoms with E-state index in [0.717, 1.165) is 21.5 Å². The molecule has 0 fully saturated rings. The minimum absolute atomic E-state index is 0.159. The summed E-state index contributed by atoms with van der Waals surface area (Å²) in [6.07, 6.45) is -3.22. The second-order valence-corrected chi connectivity index (χ2v) is 5.24. The molecule has 0 saturated heterocycles. The van der Waals surface area contributed by atoms with Crippen molar-refractivity contribution in [3.63, 3.8) is 0 Å². The number of benzene rings is 2. The van der Waals surface area contributed by atoms with Gasteiger partial charge in [-0.1, -0.05) is 36.4 Å². The summed E-state index contributed by atoms with van der Waals surface area (Å²) in [7, 11) is 0. The van der Waals surface area contributed by atoms with Gasteiger partial charge in [0.15, 0.2) is 5.69 Å². The Morgan fingerprint density at radius 2 is 1.83 bits per heavy atom. The third-order valence-electron chi connectivity index (χ3n) is 3.59. The number of rotatable bonds is 4. The molecule has 1 heterocycles. The predicted octanol–water partition coefficient (Wildman–Crippen LogP) is 3.49. The first-order valence-electron chi connectivity index (χ1n) is 7.32. The van der Waals surface area contributed by atoms with E-state index in [1.165, 1.54) is 6.20 Å². The molecule has 4 nitrogen and oxygen atoms in total. The minimum atomic E-state index is -4.46. The van der Waals surface area contributed by atoms with Crippen LogP contribution in [0.5, 0.6) is 0 Å². The number of hydrogen-bond donors (Lipinski definition) is 1. The lowest BCUT2D eigenvalue weighted by Crippen LogP contribution is -2.27. The third kappa shape index (κ3) is 3.40. The van der Waals surface area contributed by atoms with Crippen molar-refractivity contribution in [2.75, 3.05) is 6.54 Å². The highest BCUT2D eigenvalue weighted by Gasteiger charge is 2.33. The number of hydrogen-bond acceptors (Lipinski definition) is 2. The molecule has 3 aromatic rings. The average Bonchev–Trinajstić information content (AvgIpc) is 3.03. The van der Waals surface area contributed by atoms with Crippen molar-refractivity contribution in [3.8, 4) is 0 Å². The van der Waals surface area contributed by atoms with Gasteiger partial charge in [-0.3, -0.25) is 9.48 Å². The third-order valence-corrected chi connectivity index (χ3v) is 3.59. The van der Waals surface area contributed by atoms with Crippen LogP contribution in [-0.2, 0) is 12.7 Å². The lowest BCUT2D eigenvalue weighted by atomic mass is 10.0. The highest BCUT2D eigenvalue weighted by atomic mass is 19.4. The number of carbonyl (C=O) groups is 1. The zero-order valence-electron chi connectivity index (χ0n) is 12.5. The molecule has 0 atom stereocenters. The molecule has 0 saturated carbocycles. The SMILES string of the molecule is O=C(NCCn1ccc(C(F)(F)F)n1)c1cccc2ccccc12. The molecule has 0 bridgehead atoms. The van der Waals surface area contributed by atoms with Gasteiger partial charge in [0.25, 0.3) is 5.91 Å². The first-order chi connectivity index (χ1) is 11.4. The quantitative estimate of drug-likeness (QED) is 0.794. The summed E-state index contributed by atoms with van der Waals surface area (Å²) in [5, 5.41) is 7.93. The molecule has 0 unspecified atom stereocenters. The van der Waals surface area contributed by atoms with Gasteiger partial charge in [-0.25, -0.2) is 0 Å². The molecule has 124 valence electrons. The first-order valence-corrected chi connectivity index (χ1v) is 7.32. The zero-order valence-corrected chi connectivity index (χ0v) is 12.5. The van der Waals surface area contributed by atoms with E-state index < -0.39 is 11.9 Å². The molecular formula is C17H14F3N3O. The Morgan fingerprint density at radius 1 is 1.08 bits per heavy atom. The summed E-state index contributed by atoms with van der Waals surface area (Å²) in [4.78, 5) is 12.3. The average molecular weight is 333 g/mol. The van der Waals surface area contributed by atoms with Crippen molar-refractivity contribution in [2.45, 2.75) is 12.7 Å². The Labute approximate surface area is 135 Å². The Morgan fingerprint density at radius 3 is 2.58 bits per heavy atom. The Bertz CT molecular complexity index is 865. The number of fused-ring (bicyclic) bond motifs is 1. The fourth-order valence-corrected chi connectivity index (χ4v) is 2.44. The number of alkyl halides is 3. The van der Waals surface area contributed by atoms with Gasteiger partial charge in [0, 0.05) is 18.3 Å².